The lowest BCUT2D eigenvalue weighted by Crippen LogP contribution is -2.45. The van der Waals surface area contributed by atoms with Crippen LogP contribution in [0.5, 0.6) is 0 Å². The van der Waals surface area contributed by atoms with E-state index in [1.54, 1.807) is 40.8 Å². The van der Waals surface area contributed by atoms with Crippen LogP contribution in [-0.4, -0.2) is 243 Å². The predicted molar refractivity (Wildman–Crippen MR) is 438 cm³/mol. The number of anilines is 6. The molecule has 0 aromatic carbocycles. The summed E-state index contributed by atoms with van der Waals surface area (Å²) < 4.78 is 47.0. The van der Waals surface area contributed by atoms with Gasteiger partial charge in [0.15, 0.2) is 0 Å². The van der Waals surface area contributed by atoms with Crippen molar-refractivity contribution in [2.45, 2.75) is 206 Å². The van der Waals surface area contributed by atoms with Crippen molar-refractivity contribution in [1.29, 1.82) is 0 Å². The van der Waals surface area contributed by atoms with E-state index < -0.39 is 24.6 Å². The summed E-state index contributed by atoms with van der Waals surface area (Å²) >= 11 is 0. The van der Waals surface area contributed by atoms with Crippen LogP contribution in [0, 0.1) is 23.7 Å². The monoisotopic (exact) mass is 1530 g/mol. The molecule has 22 nitrogen and oxygen atoms in total. The van der Waals surface area contributed by atoms with E-state index in [1.807, 2.05) is 58.9 Å². The van der Waals surface area contributed by atoms with Crippen LogP contribution in [0.2, 0.25) is 0 Å². The van der Waals surface area contributed by atoms with Crippen molar-refractivity contribution in [2.75, 3.05) is 163 Å². The van der Waals surface area contributed by atoms with Gasteiger partial charge >= 0.3 is 0 Å². The van der Waals surface area contributed by atoms with Gasteiger partial charge in [0.2, 0.25) is 0 Å². The zero-order valence-electron chi connectivity index (χ0n) is 68.8. The number of ether oxygens (including phenoxy) is 4. The van der Waals surface area contributed by atoms with Crippen molar-refractivity contribution >= 4 is 34.1 Å². The lowest BCUT2D eigenvalue weighted by Gasteiger charge is -2.37. The molecular formula is C86H134F2N12O10. The quantitative estimate of drug-likeness (QED) is 0.0415. The van der Waals surface area contributed by atoms with Crippen LogP contribution in [0.3, 0.4) is 0 Å². The molecule has 6 saturated heterocycles. The van der Waals surface area contributed by atoms with Gasteiger partial charge in [0.05, 0.1) is 122 Å². The van der Waals surface area contributed by atoms with Crippen LogP contribution in [-0.2, 0) is 18.9 Å². The van der Waals surface area contributed by atoms with Gasteiger partial charge in [-0.25, -0.2) is 8.78 Å². The van der Waals surface area contributed by atoms with E-state index in [0.717, 1.165) is 146 Å². The van der Waals surface area contributed by atoms with Gasteiger partial charge in [-0.2, -0.15) is 0 Å². The minimum Gasteiger partial charge on any atom is -0.393 e. The van der Waals surface area contributed by atoms with Crippen LogP contribution >= 0.6 is 0 Å². The van der Waals surface area contributed by atoms with Crippen molar-refractivity contribution in [3.63, 3.8) is 0 Å². The number of rotatable bonds is 20. The summed E-state index contributed by atoms with van der Waals surface area (Å²) in [5.41, 5.74) is 13.0. The number of aromatic nitrogens is 6. The third-order valence-corrected chi connectivity index (χ3v) is 21.7. The number of hydrogen-bond acceptors (Lipinski definition) is 22. The lowest BCUT2D eigenvalue weighted by atomic mass is 9.95. The van der Waals surface area contributed by atoms with E-state index in [0.29, 0.717) is 101 Å². The van der Waals surface area contributed by atoms with Crippen molar-refractivity contribution in [2.24, 2.45) is 23.7 Å². The summed E-state index contributed by atoms with van der Waals surface area (Å²) in [6, 6.07) is 24.9. The number of aliphatic hydroxyl groups excluding tert-OH is 6. The summed E-state index contributed by atoms with van der Waals surface area (Å²) in [6.45, 7) is 36.8. The highest BCUT2D eigenvalue weighted by molar-refractivity contribution is 5.50. The molecule has 6 N–H and O–H groups in total. The maximum absolute atomic E-state index is 13.1. The number of alkyl halides is 2. The zero-order chi connectivity index (χ0) is 80.1. The number of aliphatic hydroxyl groups is 6. The Morgan fingerprint density at radius 3 is 0.600 bits per heavy atom. The highest BCUT2D eigenvalue weighted by atomic mass is 19.1. The van der Waals surface area contributed by atoms with E-state index in [9.17, 15) is 39.4 Å². The number of piperidine rings is 6. The average Bonchev–Trinajstić information content (AvgIpc) is 0.856. The number of β-amino-alcohol motifs (C(OH)–C–C–N with tert-alkyl or cyclic N) is 2. The molecule has 0 aliphatic carbocycles. The molecule has 2 unspecified atom stereocenters. The third-order valence-electron chi connectivity index (χ3n) is 21.7. The number of nitrogens with zero attached hydrogens (tertiary/aromatic N) is 12. The first-order valence-corrected chi connectivity index (χ1v) is 40.2. The molecule has 24 heteroatoms. The van der Waals surface area contributed by atoms with Gasteiger partial charge in [0, 0.05) is 165 Å². The van der Waals surface area contributed by atoms with E-state index in [4.69, 9.17) is 18.9 Å². The Labute approximate surface area is 656 Å². The second kappa shape index (κ2) is 45.8. The largest absolute Gasteiger partial charge is 0.393 e. The van der Waals surface area contributed by atoms with Gasteiger partial charge in [-0.1, -0.05) is 83.1 Å². The summed E-state index contributed by atoms with van der Waals surface area (Å²) in [7, 11) is 6.74. The first kappa shape index (κ1) is 90.4. The molecule has 0 bridgehead atoms. The maximum Gasteiger partial charge on any atom is 0.129 e. The Kier molecular flexibility index (Phi) is 37.6. The van der Waals surface area contributed by atoms with Gasteiger partial charge in [-0.05, 0) is 147 Å². The molecule has 110 heavy (non-hydrogen) atoms. The number of halogens is 2. The number of hydrogen-bond donors (Lipinski definition) is 6. The summed E-state index contributed by atoms with van der Waals surface area (Å²) in [5.74, 6) is 3.38. The molecule has 12 atom stereocenters. The highest BCUT2D eigenvalue weighted by Crippen LogP contribution is 2.31. The van der Waals surface area contributed by atoms with E-state index in [2.05, 4.69) is 181 Å². The second-order valence-electron chi connectivity index (χ2n) is 32.3. The molecule has 12 rings (SSSR count). The molecule has 6 fully saturated rings. The minimum atomic E-state index is -1.09. The van der Waals surface area contributed by atoms with Gasteiger partial charge in [0.25, 0.3) is 0 Å². The fraction of sp³-hybridized carbons (Fsp3) is 0.651. The normalized spacial score (nSPS) is 24.4. The molecule has 0 saturated carbocycles. The minimum absolute atomic E-state index is 0.184. The third kappa shape index (κ3) is 27.8. The van der Waals surface area contributed by atoms with Crippen molar-refractivity contribution < 1.29 is 58.4 Å². The molecule has 6 aromatic heterocycles. The van der Waals surface area contributed by atoms with Crippen molar-refractivity contribution in [1.82, 2.24) is 29.9 Å². The van der Waals surface area contributed by atoms with E-state index in [-0.39, 0.29) is 48.1 Å². The van der Waals surface area contributed by atoms with Crippen molar-refractivity contribution in [3.8, 4) is 0 Å². The Morgan fingerprint density at radius 2 is 0.455 bits per heavy atom. The first-order chi connectivity index (χ1) is 52.6. The Balaban J connectivity index is 0.000000184. The lowest BCUT2D eigenvalue weighted by molar-refractivity contribution is 0.0357. The molecule has 6 aliphatic rings. The zero-order valence-corrected chi connectivity index (χ0v) is 68.8. The second-order valence-corrected chi connectivity index (χ2v) is 32.3. The number of methoxy groups -OCH3 is 4. The fourth-order valence-electron chi connectivity index (χ4n) is 14.4. The molecular weight excluding hydrogens is 1400 g/mol. The van der Waals surface area contributed by atoms with Crippen LogP contribution in [0.15, 0.2) is 110 Å². The van der Waals surface area contributed by atoms with E-state index in [1.165, 1.54) is 0 Å². The predicted octanol–water partition coefficient (Wildman–Crippen LogP) is 12.4. The Morgan fingerprint density at radius 1 is 0.282 bits per heavy atom. The van der Waals surface area contributed by atoms with Crippen LogP contribution in [0.4, 0.5) is 42.9 Å². The number of pyridine rings is 6. The smallest absolute Gasteiger partial charge is 0.129 e. The van der Waals surface area contributed by atoms with Crippen molar-refractivity contribution in [3.05, 3.63) is 144 Å². The summed E-state index contributed by atoms with van der Waals surface area (Å²) in [5, 5.41) is 58.9. The Hall–Kier alpha value is -6.84. The standard InChI is InChI=1S/4C15H24N2O2.2C13H19FN2O/c4*1-11(2)14-5-4-13(8-16-14)17-7-6-15(18)12(9-17)10-19-3;2*1-9(2)12-4-3-10(7-15-12)16-6-5-11(14)13(17)8-16/h4*4-5,8,11-12,15,18H,6-7,9-10H2,1-3H3;2*3-4,7,9,11,13,17H,5-6,8H2,1-2H3/t12-,15+;2*12-,15-;;2*11-,13-/m010.10/s1. The highest BCUT2D eigenvalue weighted by Gasteiger charge is 2.34. The average molecular weight is 1530 g/mol. The molecule has 0 radical (unpaired) electrons. The molecule has 6 aliphatic heterocycles. The molecule has 6 aromatic rings. The first-order valence-electron chi connectivity index (χ1n) is 40.2. The van der Waals surface area contributed by atoms with Gasteiger partial charge < -0.3 is 79.0 Å². The van der Waals surface area contributed by atoms with Crippen LogP contribution < -0.4 is 29.4 Å². The van der Waals surface area contributed by atoms with E-state index >= 15 is 0 Å². The molecule has 612 valence electrons. The Bertz CT molecular complexity index is 3100. The van der Waals surface area contributed by atoms with Crippen LogP contribution in [0.1, 0.15) is 191 Å². The maximum atomic E-state index is 13.1. The molecule has 0 spiro atoms. The van der Waals surface area contributed by atoms with Crippen LogP contribution in [0.25, 0.3) is 0 Å². The molecule has 12 heterocycles. The molecule has 0 amide bonds. The topological polar surface area (TPSA) is 255 Å². The SMILES string of the molecule is CC(C)c1ccc(N2CC[C@@H](F)[C@H](O)C2)cn1.CC(C)c1ccc(N2CC[C@H](F)[C@@H](O)C2)cn1.COCC1CN(c2ccc(C(C)C)nc2)CCC1O.COC[C@@H]1CN(c2ccc(C(C)C)nc2)CC[C@@H]1O.COC[C@@H]1CN(c2ccc(C(C)C)nc2)CC[C@H]1O.COC[C@H]1CN(c2ccc(C(C)C)nc2)CC[C@H]1O. The van der Waals surface area contributed by atoms with Gasteiger partial charge in [-0.15, -0.1) is 0 Å². The van der Waals surface area contributed by atoms with Gasteiger partial charge in [-0.3, -0.25) is 29.9 Å². The van der Waals surface area contributed by atoms with Gasteiger partial charge in [0.1, 0.15) is 24.6 Å². The summed E-state index contributed by atoms with van der Waals surface area (Å²) in [4.78, 5) is 39.9. The summed E-state index contributed by atoms with van der Waals surface area (Å²) in [6.07, 6.45) is 10.4. The fourth-order valence-corrected chi connectivity index (χ4v) is 14.4.